The molecule has 1 N–H and O–H groups in total. The van der Waals surface area contributed by atoms with Crippen LogP contribution in [0.4, 0.5) is 0 Å². The number of benzene rings is 2. The summed E-state index contributed by atoms with van der Waals surface area (Å²) >= 11 is 7.53. The highest BCUT2D eigenvalue weighted by molar-refractivity contribution is 7.12. The molecule has 2 amide bonds. The highest BCUT2D eigenvalue weighted by Gasteiger charge is 2.56. The topological polar surface area (TPSA) is 66.5 Å². The lowest BCUT2D eigenvalue weighted by Gasteiger charge is -2.30. The standard InChI is InChI=1S/C27H27ClN2O3S/c1-3-15-29-27(33)25-22(18-11-13-20(28)14-12-18)23(26(32)21-10-7-16-34-21)24(30(25)17(2)31)19-8-5-4-6-9-19/h4-14,16,22-25H,3,15H2,1-2H3,(H,29,33). The molecule has 3 aromatic rings. The summed E-state index contributed by atoms with van der Waals surface area (Å²) in [6.07, 6.45) is 0.768. The van der Waals surface area contributed by atoms with E-state index in [2.05, 4.69) is 5.32 Å². The lowest BCUT2D eigenvalue weighted by atomic mass is 9.77. The predicted octanol–water partition coefficient (Wildman–Crippen LogP) is 5.48. The van der Waals surface area contributed by atoms with Crippen LogP contribution in [0, 0.1) is 5.92 Å². The van der Waals surface area contributed by atoms with Crippen molar-refractivity contribution >= 4 is 40.5 Å². The molecular weight excluding hydrogens is 468 g/mol. The summed E-state index contributed by atoms with van der Waals surface area (Å²) in [5, 5.41) is 5.40. The second-order valence-corrected chi connectivity index (χ2v) is 9.85. The van der Waals surface area contributed by atoms with Crippen molar-refractivity contribution in [3.05, 3.63) is 93.1 Å². The van der Waals surface area contributed by atoms with Gasteiger partial charge >= 0.3 is 0 Å². The van der Waals surface area contributed by atoms with E-state index in [-0.39, 0.29) is 17.6 Å². The van der Waals surface area contributed by atoms with Crippen LogP contribution in [-0.2, 0) is 9.59 Å². The van der Waals surface area contributed by atoms with Gasteiger partial charge in [0.1, 0.15) is 6.04 Å². The number of halogens is 1. The Balaban J connectivity index is 1.94. The number of carbonyl (C=O) groups excluding carboxylic acids is 3. The van der Waals surface area contributed by atoms with Gasteiger partial charge in [-0.05, 0) is 41.1 Å². The van der Waals surface area contributed by atoms with Crippen molar-refractivity contribution in [1.29, 1.82) is 0 Å². The zero-order valence-corrected chi connectivity index (χ0v) is 20.7. The Kier molecular flexibility index (Phi) is 7.49. The number of carbonyl (C=O) groups is 3. The van der Waals surface area contributed by atoms with E-state index in [1.165, 1.54) is 18.3 Å². The van der Waals surface area contributed by atoms with Crippen molar-refractivity contribution in [3.63, 3.8) is 0 Å². The van der Waals surface area contributed by atoms with Gasteiger partial charge in [0.25, 0.3) is 0 Å². The normalized spacial score (nSPS) is 21.9. The Bertz CT molecular complexity index is 1150. The molecule has 0 bridgehead atoms. The minimum absolute atomic E-state index is 0.0687. The van der Waals surface area contributed by atoms with Crippen LogP contribution in [0.1, 0.15) is 53.0 Å². The molecule has 1 aliphatic rings. The molecule has 5 nitrogen and oxygen atoms in total. The van der Waals surface area contributed by atoms with E-state index in [1.54, 1.807) is 23.1 Å². The van der Waals surface area contributed by atoms with Crippen LogP contribution in [0.15, 0.2) is 72.1 Å². The van der Waals surface area contributed by atoms with E-state index >= 15 is 0 Å². The van der Waals surface area contributed by atoms with E-state index in [1.807, 2.05) is 60.8 Å². The molecule has 2 aromatic carbocycles. The molecule has 1 saturated heterocycles. The first-order valence-electron chi connectivity index (χ1n) is 11.4. The van der Waals surface area contributed by atoms with Gasteiger partial charge in [0, 0.05) is 24.4 Å². The molecule has 1 aromatic heterocycles. The van der Waals surface area contributed by atoms with E-state index in [0.29, 0.717) is 16.4 Å². The maximum Gasteiger partial charge on any atom is 0.243 e. The fraction of sp³-hybridized carbons (Fsp3) is 0.296. The van der Waals surface area contributed by atoms with Crippen LogP contribution in [0.3, 0.4) is 0 Å². The van der Waals surface area contributed by atoms with Gasteiger partial charge in [0.2, 0.25) is 11.8 Å². The van der Waals surface area contributed by atoms with E-state index < -0.39 is 23.9 Å². The summed E-state index contributed by atoms with van der Waals surface area (Å²) in [6.45, 7) is 3.94. The summed E-state index contributed by atoms with van der Waals surface area (Å²) in [6, 6.07) is 19.0. The molecule has 1 aliphatic heterocycles. The van der Waals surface area contributed by atoms with E-state index in [4.69, 9.17) is 11.6 Å². The fourth-order valence-electron chi connectivity index (χ4n) is 4.93. The molecular formula is C27H27ClN2O3S. The van der Waals surface area contributed by atoms with Gasteiger partial charge in [-0.2, -0.15) is 0 Å². The molecule has 0 spiro atoms. The number of amides is 2. The van der Waals surface area contributed by atoms with Crippen molar-refractivity contribution in [1.82, 2.24) is 10.2 Å². The third-order valence-corrected chi connectivity index (χ3v) is 7.45. The predicted molar refractivity (Wildman–Crippen MR) is 135 cm³/mol. The number of rotatable bonds is 7. The number of thiophene rings is 1. The third-order valence-electron chi connectivity index (χ3n) is 6.31. The minimum atomic E-state index is -0.829. The number of ketones is 1. The van der Waals surface area contributed by atoms with E-state index in [0.717, 1.165) is 17.5 Å². The van der Waals surface area contributed by atoms with E-state index in [9.17, 15) is 14.4 Å². The van der Waals surface area contributed by atoms with Gasteiger partial charge in [-0.3, -0.25) is 14.4 Å². The maximum atomic E-state index is 14.0. The summed E-state index contributed by atoms with van der Waals surface area (Å²) < 4.78 is 0. The fourth-order valence-corrected chi connectivity index (χ4v) is 5.77. The smallest absolute Gasteiger partial charge is 0.243 e. The number of hydrogen-bond donors (Lipinski definition) is 1. The second-order valence-electron chi connectivity index (χ2n) is 8.46. The Labute approximate surface area is 208 Å². The van der Waals surface area contributed by atoms with Gasteiger partial charge in [-0.25, -0.2) is 0 Å². The quantitative estimate of drug-likeness (QED) is 0.442. The van der Waals surface area contributed by atoms with Gasteiger partial charge in [-0.1, -0.05) is 67.1 Å². The van der Waals surface area contributed by atoms with Gasteiger partial charge in [0.15, 0.2) is 5.78 Å². The SMILES string of the molecule is CCCNC(=O)C1C(c2ccc(Cl)cc2)C(C(=O)c2cccs2)C(c2ccccc2)N1C(C)=O. The van der Waals surface area contributed by atoms with Crippen LogP contribution in [0.25, 0.3) is 0 Å². The molecule has 7 heteroatoms. The maximum absolute atomic E-state index is 14.0. The second kappa shape index (κ2) is 10.5. The summed E-state index contributed by atoms with van der Waals surface area (Å²) in [4.78, 5) is 42.9. The lowest BCUT2D eigenvalue weighted by molar-refractivity contribution is -0.139. The minimum Gasteiger partial charge on any atom is -0.354 e. The summed E-state index contributed by atoms with van der Waals surface area (Å²) in [5.74, 6) is -1.73. The van der Waals surface area contributed by atoms with Crippen LogP contribution in [0.2, 0.25) is 5.02 Å². The molecule has 4 rings (SSSR count). The van der Waals surface area contributed by atoms with Crippen LogP contribution < -0.4 is 5.32 Å². The average Bonchev–Trinajstić information content (AvgIpc) is 3.50. The van der Waals surface area contributed by atoms with Crippen molar-refractivity contribution in [2.45, 2.75) is 38.3 Å². The summed E-state index contributed by atoms with van der Waals surface area (Å²) in [5.41, 5.74) is 1.64. The first-order valence-corrected chi connectivity index (χ1v) is 12.6. The third kappa shape index (κ3) is 4.65. The van der Waals surface area contributed by atoms with Crippen molar-refractivity contribution in [3.8, 4) is 0 Å². The number of Topliss-reactive ketones (excluding diaryl/α,β-unsaturated/α-hetero) is 1. The number of likely N-dealkylation sites (tertiary alicyclic amines) is 1. The van der Waals surface area contributed by atoms with Crippen LogP contribution >= 0.6 is 22.9 Å². The van der Waals surface area contributed by atoms with Gasteiger partial charge in [-0.15, -0.1) is 11.3 Å². The molecule has 0 aliphatic carbocycles. The molecule has 34 heavy (non-hydrogen) atoms. The zero-order valence-electron chi connectivity index (χ0n) is 19.1. The number of nitrogens with zero attached hydrogens (tertiary/aromatic N) is 1. The molecule has 176 valence electrons. The Morgan fingerprint density at radius 3 is 2.26 bits per heavy atom. The van der Waals surface area contributed by atoms with Crippen molar-refractivity contribution in [2.75, 3.05) is 6.54 Å². The van der Waals surface area contributed by atoms with Crippen LogP contribution in [-0.4, -0.2) is 35.1 Å². The molecule has 4 unspecified atom stereocenters. The lowest BCUT2D eigenvalue weighted by Crippen LogP contribution is -2.48. The molecule has 4 atom stereocenters. The molecule has 0 saturated carbocycles. The first-order chi connectivity index (χ1) is 16.4. The Hall–Kier alpha value is -2.96. The highest BCUT2D eigenvalue weighted by Crippen LogP contribution is 2.51. The largest absolute Gasteiger partial charge is 0.354 e. The molecule has 0 radical (unpaired) electrons. The number of hydrogen-bond acceptors (Lipinski definition) is 4. The zero-order chi connectivity index (χ0) is 24.2. The first kappa shape index (κ1) is 24.2. The Morgan fingerprint density at radius 1 is 0.971 bits per heavy atom. The van der Waals surface area contributed by atoms with Crippen molar-refractivity contribution in [2.24, 2.45) is 5.92 Å². The monoisotopic (exact) mass is 494 g/mol. The van der Waals surface area contributed by atoms with Crippen LogP contribution in [0.5, 0.6) is 0 Å². The van der Waals surface area contributed by atoms with Gasteiger partial charge in [0.05, 0.1) is 16.8 Å². The highest BCUT2D eigenvalue weighted by atomic mass is 35.5. The molecule has 2 heterocycles. The Morgan fingerprint density at radius 2 is 1.68 bits per heavy atom. The van der Waals surface area contributed by atoms with Gasteiger partial charge < -0.3 is 10.2 Å². The summed E-state index contributed by atoms with van der Waals surface area (Å²) in [7, 11) is 0. The number of nitrogens with one attached hydrogen (secondary N) is 1. The average molecular weight is 495 g/mol. The molecule has 1 fully saturated rings. The van der Waals surface area contributed by atoms with Crippen molar-refractivity contribution < 1.29 is 14.4 Å².